The molecule has 0 unspecified atom stereocenters. The minimum Gasteiger partial charge on any atom is -0.326 e. The van der Waals surface area contributed by atoms with E-state index in [9.17, 15) is 14.4 Å². The highest BCUT2D eigenvalue weighted by Gasteiger charge is 2.38. The number of hydrogen-bond acceptors (Lipinski definition) is 5. The Morgan fingerprint density at radius 2 is 1.72 bits per heavy atom. The van der Waals surface area contributed by atoms with Gasteiger partial charge in [-0.25, -0.2) is 0 Å². The van der Waals surface area contributed by atoms with Gasteiger partial charge >= 0.3 is 0 Å². The van der Waals surface area contributed by atoms with E-state index in [2.05, 4.69) is 15.3 Å². The number of ketones is 1. The van der Waals surface area contributed by atoms with E-state index in [1.54, 1.807) is 47.6 Å². The number of benzene rings is 1. The van der Waals surface area contributed by atoms with Crippen LogP contribution in [0.4, 0.5) is 5.69 Å². The molecule has 1 aliphatic carbocycles. The van der Waals surface area contributed by atoms with Crippen molar-refractivity contribution in [2.45, 2.75) is 38.1 Å². The molecule has 0 saturated heterocycles. The monoisotopic (exact) mass is 502 g/mol. The summed E-state index contributed by atoms with van der Waals surface area (Å²) >= 11 is 6.15. The molecule has 184 valence electrons. The van der Waals surface area contributed by atoms with Crippen molar-refractivity contribution in [2.24, 2.45) is 11.8 Å². The first-order valence-corrected chi connectivity index (χ1v) is 12.6. The molecule has 0 bridgehead atoms. The molecule has 0 spiro atoms. The van der Waals surface area contributed by atoms with Gasteiger partial charge in [-0.2, -0.15) is 0 Å². The van der Waals surface area contributed by atoms with Crippen molar-refractivity contribution in [1.29, 1.82) is 0 Å². The van der Waals surface area contributed by atoms with Crippen molar-refractivity contribution in [3.8, 4) is 0 Å². The van der Waals surface area contributed by atoms with Crippen LogP contribution in [-0.4, -0.2) is 45.1 Å². The molecule has 1 aliphatic heterocycles. The number of Topliss-reactive ketones (excluding diaryl/α,β-unsaturated/α-hetero) is 1. The van der Waals surface area contributed by atoms with Crippen molar-refractivity contribution in [3.63, 3.8) is 0 Å². The van der Waals surface area contributed by atoms with Crippen molar-refractivity contribution in [3.05, 3.63) is 89.0 Å². The number of pyridine rings is 2. The Kier molecular flexibility index (Phi) is 7.09. The normalized spacial score (nSPS) is 21.9. The van der Waals surface area contributed by atoms with Crippen LogP contribution in [0.3, 0.4) is 0 Å². The zero-order chi connectivity index (χ0) is 25.1. The van der Waals surface area contributed by atoms with Crippen molar-refractivity contribution < 1.29 is 14.4 Å². The van der Waals surface area contributed by atoms with Crippen LogP contribution < -0.4 is 5.32 Å². The standard InChI is InChI=1S/C28H27ClN4O3/c29-20-11-12-22-24(15-20)32-27(35)25(16-21-5-1-3-13-30-21)33(28(22)36)17-18-7-9-19(10-8-18)26(34)23-6-2-4-14-31-23/h1-6,11-15,18-19,25H,7-10,16-17H2,(H,32,35)/t18-,19-,25-/m1/s1. The maximum absolute atomic E-state index is 13.7. The van der Waals surface area contributed by atoms with Gasteiger partial charge in [0.2, 0.25) is 5.91 Å². The lowest BCUT2D eigenvalue weighted by atomic mass is 9.79. The molecule has 8 heteroatoms. The third-order valence-corrected chi connectivity index (χ3v) is 7.36. The summed E-state index contributed by atoms with van der Waals surface area (Å²) in [6.45, 7) is 0.441. The van der Waals surface area contributed by atoms with Gasteiger partial charge in [-0.1, -0.05) is 23.7 Å². The molecule has 3 aromatic rings. The van der Waals surface area contributed by atoms with Gasteiger partial charge in [-0.05, 0) is 74.1 Å². The number of fused-ring (bicyclic) bond motifs is 1. The summed E-state index contributed by atoms with van der Waals surface area (Å²) in [5, 5.41) is 3.36. The summed E-state index contributed by atoms with van der Waals surface area (Å²) < 4.78 is 0. The zero-order valence-electron chi connectivity index (χ0n) is 19.8. The number of halogens is 1. The van der Waals surface area contributed by atoms with Gasteiger partial charge in [0.1, 0.15) is 11.7 Å². The van der Waals surface area contributed by atoms with E-state index in [4.69, 9.17) is 11.6 Å². The predicted octanol–water partition coefficient (Wildman–Crippen LogP) is 4.82. The largest absolute Gasteiger partial charge is 0.326 e. The topological polar surface area (TPSA) is 92.3 Å². The number of aromatic nitrogens is 2. The third kappa shape index (κ3) is 5.16. The lowest BCUT2D eigenvalue weighted by Gasteiger charge is -2.35. The van der Waals surface area contributed by atoms with Crippen molar-refractivity contribution in [1.82, 2.24) is 14.9 Å². The SMILES string of the molecule is O=C1Nc2cc(Cl)ccc2C(=O)N(C[C@H]2CC[C@H](C(=O)c3ccccn3)CC2)[C@@H]1Cc1ccccn1. The molecule has 1 N–H and O–H groups in total. The molecule has 1 aromatic carbocycles. The second-order valence-corrected chi connectivity index (χ2v) is 9.91. The summed E-state index contributed by atoms with van der Waals surface area (Å²) in [5.74, 6) is -0.249. The molecular weight excluding hydrogens is 476 g/mol. The Morgan fingerprint density at radius 1 is 0.972 bits per heavy atom. The summed E-state index contributed by atoms with van der Waals surface area (Å²) in [6.07, 6.45) is 6.73. The molecule has 2 amide bonds. The molecule has 1 atom stereocenters. The summed E-state index contributed by atoms with van der Waals surface area (Å²) in [7, 11) is 0. The maximum Gasteiger partial charge on any atom is 0.256 e. The third-order valence-electron chi connectivity index (χ3n) is 7.13. The van der Waals surface area contributed by atoms with Crippen LogP contribution in [0.2, 0.25) is 5.02 Å². The molecular formula is C28H27ClN4O3. The number of nitrogens with one attached hydrogen (secondary N) is 1. The molecule has 0 radical (unpaired) electrons. The number of rotatable bonds is 6. The lowest BCUT2D eigenvalue weighted by Crippen LogP contribution is -2.49. The van der Waals surface area contributed by atoms with Gasteiger partial charge < -0.3 is 10.2 Å². The number of carbonyl (C=O) groups excluding carboxylic acids is 3. The minimum absolute atomic E-state index is 0.0635. The second kappa shape index (κ2) is 10.6. The molecule has 2 aromatic heterocycles. The van der Waals surface area contributed by atoms with Gasteiger partial charge in [0.25, 0.3) is 5.91 Å². The van der Waals surface area contributed by atoms with Gasteiger partial charge in [0, 0.05) is 42.0 Å². The van der Waals surface area contributed by atoms with Gasteiger partial charge in [0.15, 0.2) is 5.78 Å². The van der Waals surface area contributed by atoms with Crippen LogP contribution in [0.5, 0.6) is 0 Å². The molecule has 7 nitrogen and oxygen atoms in total. The first kappa shape index (κ1) is 24.1. The average Bonchev–Trinajstić information content (AvgIpc) is 2.99. The van der Waals surface area contributed by atoms with Crippen LogP contribution in [-0.2, 0) is 11.2 Å². The molecule has 5 rings (SSSR count). The fourth-order valence-electron chi connectivity index (χ4n) is 5.19. The smallest absolute Gasteiger partial charge is 0.256 e. The van der Waals surface area contributed by atoms with Crippen LogP contribution in [0, 0.1) is 11.8 Å². The fourth-order valence-corrected chi connectivity index (χ4v) is 5.37. The number of carbonyl (C=O) groups is 3. The van der Waals surface area contributed by atoms with Crippen molar-refractivity contribution >= 4 is 34.9 Å². The second-order valence-electron chi connectivity index (χ2n) is 9.47. The minimum atomic E-state index is -0.702. The Morgan fingerprint density at radius 3 is 2.42 bits per heavy atom. The van der Waals surface area contributed by atoms with E-state index in [1.807, 2.05) is 24.3 Å². The number of anilines is 1. The van der Waals surface area contributed by atoms with Gasteiger partial charge in [0.05, 0.1) is 11.3 Å². The highest BCUT2D eigenvalue weighted by molar-refractivity contribution is 6.31. The molecule has 2 aliphatic rings. The highest BCUT2D eigenvalue weighted by atomic mass is 35.5. The van der Waals surface area contributed by atoms with E-state index < -0.39 is 6.04 Å². The Bertz CT molecular complexity index is 1260. The highest BCUT2D eigenvalue weighted by Crippen LogP contribution is 2.34. The summed E-state index contributed by atoms with van der Waals surface area (Å²) in [6, 6.07) is 15.2. The van der Waals surface area contributed by atoms with Crippen LogP contribution >= 0.6 is 11.6 Å². The molecule has 1 saturated carbocycles. The van der Waals surface area contributed by atoms with E-state index in [0.29, 0.717) is 34.9 Å². The first-order valence-electron chi connectivity index (χ1n) is 12.3. The number of nitrogens with zero attached hydrogens (tertiary/aromatic N) is 3. The summed E-state index contributed by atoms with van der Waals surface area (Å²) in [5.41, 5.74) is 2.10. The number of hydrogen-bond donors (Lipinski definition) is 1. The lowest BCUT2D eigenvalue weighted by molar-refractivity contribution is -0.120. The Hall–Kier alpha value is -3.58. The van der Waals surface area contributed by atoms with E-state index in [-0.39, 0.29) is 29.4 Å². The zero-order valence-corrected chi connectivity index (χ0v) is 20.5. The van der Waals surface area contributed by atoms with Crippen LogP contribution in [0.1, 0.15) is 52.2 Å². The Labute approximate surface area is 214 Å². The van der Waals surface area contributed by atoms with Crippen molar-refractivity contribution in [2.75, 3.05) is 11.9 Å². The number of amides is 2. The van der Waals surface area contributed by atoms with E-state index >= 15 is 0 Å². The van der Waals surface area contributed by atoms with Gasteiger partial charge in [-0.15, -0.1) is 0 Å². The Balaban J connectivity index is 1.35. The molecule has 3 heterocycles. The molecule has 36 heavy (non-hydrogen) atoms. The quantitative estimate of drug-likeness (QED) is 0.487. The van der Waals surface area contributed by atoms with Gasteiger partial charge in [-0.3, -0.25) is 24.4 Å². The predicted molar refractivity (Wildman–Crippen MR) is 137 cm³/mol. The van der Waals surface area contributed by atoms with Crippen LogP contribution in [0.15, 0.2) is 67.0 Å². The average molecular weight is 503 g/mol. The maximum atomic E-state index is 13.7. The van der Waals surface area contributed by atoms with E-state index in [1.165, 1.54) is 0 Å². The fraction of sp³-hybridized carbons (Fsp3) is 0.321. The first-order chi connectivity index (χ1) is 17.5. The molecule has 1 fully saturated rings. The van der Waals surface area contributed by atoms with Crippen LogP contribution in [0.25, 0.3) is 0 Å². The van der Waals surface area contributed by atoms with E-state index in [0.717, 1.165) is 31.4 Å². The summed E-state index contributed by atoms with van der Waals surface area (Å²) in [4.78, 5) is 50.2.